The van der Waals surface area contributed by atoms with Gasteiger partial charge in [-0.1, -0.05) is 30.8 Å². The molecule has 0 bridgehead atoms. The molecule has 0 saturated heterocycles. The summed E-state index contributed by atoms with van der Waals surface area (Å²) in [7, 11) is 0. The maximum absolute atomic E-state index is 13.4. The molecule has 1 heterocycles. The number of nitrogens with zero attached hydrogens (tertiary/aromatic N) is 1. The molecule has 0 spiro atoms. The van der Waals surface area contributed by atoms with Crippen LogP contribution in [0.25, 0.3) is 11.0 Å². The number of halogens is 1. The third kappa shape index (κ3) is 3.25. The number of hydrogen-bond donors (Lipinski definition) is 2. The van der Waals surface area contributed by atoms with Gasteiger partial charge in [0.05, 0.1) is 11.0 Å². The Morgan fingerprint density at radius 3 is 2.90 bits per heavy atom. The van der Waals surface area contributed by atoms with Gasteiger partial charge in [-0.05, 0) is 42.4 Å². The second-order valence-electron chi connectivity index (χ2n) is 4.69. The van der Waals surface area contributed by atoms with Gasteiger partial charge >= 0.3 is 0 Å². The van der Waals surface area contributed by atoms with Gasteiger partial charge in [0.25, 0.3) is 0 Å². The minimum absolute atomic E-state index is 0.211. The number of H-pyrrole nitrogens is 1. The molecule has 108 valence electrons. The third-order valence-electron chi connectivity index (χ3n) is 3.16. The fourth-order valence-corrected chi connectivity index (χ4v) is 3.04. The van der Waals surface area contributed by atoms with E-state index in [-0.39, 0.29) is 5.82 Å². The molecule has 0 aliphatic heterocycles. The molecule has 3 aromatic rings. The number of imidazole rings is 1. The van der Waals surface area contributed by atoms with E-state index >= 15 is 0 Å². The number of benzene rings is 2. The number of rotatable bonds is 5. The number of aromatic nitrogens is 2. The summed E-state index contributed by atoms with van der Waals surface area (Å²) in [6.45, 7) is 3.54. The quantitative estimate of drug-likeness (QED) is 0.749. The lowest BCUT2D eigenvalue weighted by Crippen LogP contribution is -2.12. The maximum Gasteiger partial charge on any atom is 0.171 e. The summed E-state index contributed by atoms with van der Waals surface area (Å²) in [5.41, 5.74) is 2.90. The Balaban J connectivity index is 1.89. The predicted octanol–water partition coefficient (Wildman–Crippen LogP) is 3.96. The largest absolute Gasteiger partial charge is 0.333 e. The van der Waals surface area contributed by atoms with E-state index in [0.29, 0.717) is 6.54 Å². The van der Waals surface area contributed by atoms with Gasteiger partial charge in [0, 0.05) is 11.4 Å². The van der Waals surface area contributed by atoms with E-state index < -0.39 is 0 Å². The molecule has 0 aliphatic carbocycles. The van der Waals surface area contributed by atoms with Crippen LogP contribution in [0.15, 0.2) is 52.5 Å². The van der Waals surface area contributed by atoms with E-state index in [1.54, 1.807) is 12.1 Å². The van der Waals surface area contributed by atoms with Crippen LogP contribution in [0.2, 0.25) is 0 Å². The lowest BCUT2D eigenvalue weighted by atomic mass is 10.2. The number of para-hydroxylation sites is 2. The molecule has 0 saturated carbocycles. The molecule has 2 aromatic carbocycles. The highest BCUT2D eigenvalue weighted by Gasteiger charge is 2.09. The lowest BCUT2D eigenvalue weighted by Gasteiger charge is -2.08. The SMILES string of the molecule is CCNCc1cc(F)ccc1Sc1nc2ccccc2[nH]1. The topological polar surface area (TPSA) is 40.7 Å². The highest BCUT2D eigenvalue weighted by molar-refractivity contribution is 7.99. The molecule has 21 heavy (non-hydrogen) atoms. The molecular formula is C16H16FN3S. The number of fused-ring (bicyclic) bond motifs is 1. The van der Waals surface area contributed by atoms with E-state index in [1.807, 2.05) is 31.2 Å². The van der Waals surface area contributed by atoms with Crippen LogP contribution in [-0.2, 0) is 6.54 Å². The minimum Gasteiger partial charge on any atom is -0.333 e. The summed E-state index contributed by atoms with van der Waals surface area (Å²) >= 11 is 1.53. The zero-order valence-electron chi connectivity index (χ0n) is 11.7. The van der Waals surface area contributed by atoms with Gasteiger partial charge in [0.2, 0.25) is 0 Å². The molecule has 0 amide bonds. The molecule has 5 heteroatoms. The van der Waals surface area contributed by atoms with Crippen molar-refractivity contribution in [1.82, 2.24) is 15.3 Å². The Morgan fingerprint density at radius 1 is 1.24 bits per heavy atom. The van der Waals surface area contributed by atoms with E-state index in [9.17, 15) is 4.39 Å². The van der Waals surface area contributed by atoms with Crippen LogP contribution in [0.3, 0.4) is 0 Å². The van der Waals surface area contributed by atoms with Crippen molar-refractivity contribution in [3.05, 3.63) is 53.8 Å². The summed E-state index contributed by atoms with van der Waals surface area (Å²) in [4.78, 5) is 8.84. The predicted molar refractivity (Wildman–Crippen MR) is 84.0 cm³/mol. The highest BCUT2D eigenvalue weighted by atomic mass is 32.2. The molecule has 0 atom stereocenters. The molecule has 0 fully saturated rings. The van der Waals surface area contributed by atoms with Crippen LogP contribution in [-0.4, -0.2) is 16.5 Å². The fraction of sp³-hybridized carbons (Fsp3) is 0.188. The molecule has 0 unspecified atom stereocenters. The minimum atomic E-state index is -0.211. The summed E-state index contributed by atoms with van der Waals surface area (Å²) < 4.78 is 13.4. The van der Waals surface area contributed by atoms with Crippen molar-refractivity contribution in [1.29, 1.82) is 0 Å². The van der Waals surface area contributed by atoms with Gasteiger partial charge in [-0.2, -0.15) is 0 Å². The van der Waals surface area contributed by atoms with Crippen molar-refractivity contribution >= 4 is 22.8 Å². The van der Waals surface area contributed by atoms with Crippen molar-refractivity contribution < 1.29 is 4.39 Å². The third-order valence-corrected chi connectivity index (χ3v) is 4.17. The molecule has 0 aliphatic rings. The monoisotopic (exact) mass is 301 g/mol. The van der Waals surface area contributed by atoms with E-state index in [0.717, 1.165) is 33.2 Å². The second kappa shape index (κ2) is 6.28. The van der Waals surface area contributed by atoms with Gasteiger partial charge in [-0.15, -0.1) is 0 Å². The van der Waals surface area contributed by atoms with Gasteiger partial charge < -0.3 is 10.3 Å². The van der Waals surface area contributed by atoms with E-state index in [4.69, 9.17) is 0 Å². The normalized spacial score (nSPS) is 11.1. The molecular weight excluding hydrogens is 285 g/mol. The van der Waals surface area contributed by atoms with Crippen molar-refractivity contribution in [2.45, 2.75) is 23.5 Å². The van der Waals surface area contributed by atoms with Gasteiger partial charge in [0.1, 0.15) is 5.82 Å². The first-order valence-corrected chi connectivity index (χ1v) is 7.69. The average molecular weight is 301 g/mol. The van der Waals surface area contributed by atoms with Crippen LogP contribution in [0.1, 0.15) is 12.5 Å². The fourth-order valence-electron chi connectivity index (χ4n) is 2.13. The Morgan fingerprint density at radius 2 is 2.10 bits per heavy atom. The standard InChI is InChI=1S/C16H16FN3S/c1-2-18-10-11-9-12(17)7-8-15(11)21-16-19-13-5-3-4-6-14(13)20-16/h3-9,18H,2,10H2,1H3,(H,19,20). The molecule has 3 rings (SSSR count). The summed E-state index contributed by atoms with van der Waals surface area (Å²) in [5.74, 6) is -0.211. The maximum atomic E-state index is 13.4. The number of aromatic amines is 1. The molecule has 2 N–H and O–H groups in total. The van der Waals surface area contributed by atoms with Crippen LogP contribution in [0.4, 0.5) is 4.39 Å². The van der Waals surface area contributed by atoms with Crippen LogP contribution >= 0.6 is 11.8 Å². The average Bonchev–Trinajstić information content (AvgIpc) is 2.89. The summed E-state index contributed by atoms with van der Waals surface area (Å²) in [6.07, 6.45) is 0. The Bertz CT molecular complexity index is 721. The molecule has 1 aromatic heterocycles. The van der Waals surface area contributed by atoms with Gasteiger partial charge in [0.15, 0.2) is 5.16 Å². The number of nitrogens with one attached hydrogen (secondary N) is 2. The summed E-state index contributed by atoms with van der Waals surface area (Å²) in [5, 5.41) is 4.05. The van der Waals surface area contributed by atoms with Gasteiger partial charge in [-0.25, -0.2) is 9.37 Å². The Kier molecular flexibility index (Phi) is 4.22. The lowest BCUT2D eigenvalue weighted by molar-refractivity contribution is 0.619. The van der Waals surface area contributed by atoms with Crippen molar-refractivity contribution in [3.63, 3.8) is 0 Å². The Labute approximate surface area is 127 Å². The van der Waals surface area contributed by atoms with Crippen LogP contribution in [0.5, 0.6) is 0 Å². The number of hydrogen-bond acceptors (Lipinski definition) is 3. The zero-order valence-corrected chi connectivity index (χ0v) is 12.5. The van der Waals surface area contributed by atoms with E-state index in [2.05, 4.69) is 15.3 Å². The van der Waals surface area contributed by atoms with Crippen molar-refractivity contribution in [2.24, 2.45) is 0 Å². The first-order valence-electron chi connectivity index (χ1n) is 6.88. The molecule has 0 radical (unpaired) electrons. The smallest absolute Gasteiger partial charge is 0.171 e. The van der Waals surface area contributed by atoms with Crippen LogP contribution in [0, 0.1) is 5.82 Å². The van der Waals surface area contributed by atoms with Crippen LogP contribution < -0.4 is 5.32 Å². The zero-order chi connectivity index (χ0) is 14.7. The highest BCUT2D eigenvalue weighted by Crippen LogP contribution is 2.30. The Hall–Kier alpha value is -1.85. The first kappa shape index (κ1) is 14.1. The van der Waals surface area contributed by atoms with Crippen molar-refractivity contribution in [3.8, 4) is 0 Å². The van der Waals surface area contributed by atoms with Gasteiger partial charge in [-0.3, -0.25) is 0 Å². The summed E-state index contributed by atoms with van der Waals surface area (Å²) in [6, 6.07) is 12.8. The first-order chi connectivity index (χ1) is 10.3. The second-order valence-corrected chi connectivity index (χ2v) is 5.72. The van der Waals surface area contributed by atoms with E-state index in [1.165, 1.54) is 17.8 Å². The van der Waals surface area contributed by atoms with Crippen molar-refractivity contribution in [2.75, 3.05) is 6.54 Å². The molecule has 3 nitrogen and oxygen atoms in total.